The van der Waals surface area contributed by atoms with Gasteiger partial charge in [-0.15, -0.1) is 0 Å². The maximum Gasteiger partial charge on any atom is 0.253 e. The Hall–Kier alpha value is -0.280. The highest BCUT2D eigenvalue weighted by Gasteiger charge is 2.33. The van der Waals surface area contributed by atoms with Crippen molar-refractivity contribution in [3.8, 4) is 0 Å². The van der Waals surface area contributed by atoms with Gasteiger partial charge in [0.1, 0.15) is 13.3 Å². The lowest BCUT2D eigenvalue weighted by molar-refractivity contribution is -0.0557. The number of alkyl halides is 4. The molecule has 0 amide bonds. The summed E-state index contributed by atoms with van der Waals surface area (Å²) in [4.78, 5) is 0. The van der Waals surface area contributed by atoms with E-state index < -0.39 is 25.2 Å². The van der Waals surface area contributed by atoms with Crippen molar-refractivity contribution in [2.24, 2.45) is 5.92 Å². The predicted molar refractivity (Wildman–Crippen MR) is 26.1 cm³/mol. The number of hydrogen-bond acceptors (Lipinski definition) is 0. The molecule has 0 unspecified atom stereocenters. The Bertz CT molecular complexity index is 71.5. The average Bonchev–Trinajstić information content (AvgIpc) is 1.65. The third kappa shape index (κ3) is 2.67. The van der Waals surface area contributed by atoms with Crippen molar-refractivity contribution in [1.29, 1.82) is 0 Å². The number of rotatable bonds is 3. The smallest absolute Gasteiger partial charge is 0.250 e. The van der Waals surface area contributed by atoms with Gasteiger partial charge in [0.15, 0.2) is 0 Å². The van der Waals surface area contributed by atoms with Crippen LogP contribution in [-0.2, 0) is 0 Å². The minimum absolute atomic E-state index is 0.511. The molecule has 9 heavy (non-hydrogen) atoms. The topological polar surface area (TPSA) is 0 Å². The average molecular weight is 144 g/mol. The molecule has 0 saturated carbocycles. The normalized spacial score (nSPS) is 12.7. The molecule has 0 aliphatic heterocycles. The molecule has 0 atom stereocenters. The molecule has 0 nitrogen and oxygen atoms in total. The van der Waals surface area contributed by atoms with Gasteiger partial charge in [0, 0.05) is 0 Å². The molecule has 0 saturated heterocycles. The van der Waals surface area contributed by atoms with E-state index in [9.17, 15) is 17.6 Å². The molecule has 0 rings (SSSR count). The van der Waals surface area contributed by atoms with Gasteiger partial charge in [0.2, 0.25) is 0 Å². The zero-order valence-corrected chi connectivity index (χ0v) is 5.00. The lowest BCUT2D eigenvalue weighted by atomic mass is 10.1. The van der Waals surface area contributed by atoms with E-state index in [1.807, 2.05) is 0 Å². The largest absolute Gasteiger partial charge is 0.253 e. The fourth-order valence-electron chi connectivity index (χ4n) is 0.312. The third-order valence-electron chi connectivity index (χ3n) is 1.09. The van der Waals surface area contributed by atoms with Gasteiger partial charge in [0.25, 0.3) is 5.92 Å². The predicted octanol–water partition coefficient (Wildman–Crippen LogP) is 2.20. The summed E-state index contributed by atoms with van der Waals surface area (Å²) in [5.74, 6) is -5.00. The van der Waals surface area contributed by atoms with Crippen LogP contribution in [-0.4, -0.2) is 19.3 Å². The molecule has 56 valence electrons. The van der Waals surface area contributed by atoms with Crippen molar-refractivity contribution < 1.29 is 17.6 Å². The Kier molecular flexibility index (Phi) is 2.94. The summed E-state index contributed by atoms with van der Waals surface area (Å²) >= 11 is 0. The Labute approximate surface area is 50.9 Å². The van der Waals surface area contributed by atoms with Crippen molar-refractivity contribution in [3.05, 3.63) is 0 Å². The van der Waals surface area contributed by atoms with E-state index in [-0.39, 0.29) is 0 Å². The molecule has 0 bridgehead atoms. The second kappa shape index (κ2) is 3.03. The molecular weight excluding hydrogens is 136 g/mol. The fraction of sp³-hybridized carbons (Fsp3) is 1.00. The van der Waals surface area contributed by atoms with Crippen LogP contribution in [0.15, 0.2) is 0 Å². The van der Waals surface area contributed by atoms with Crippen LogP contribution in [0.25, 0.3) is 0 Å². The van der Waals surface area contributed by atoms with Crippen molar-refractivity contribution in [1.82, 2.24) is 0 Å². The first-order valence-electron chi connectivity index (χ1n) is 2.52. The second-order valence-corrected chi connectivity index (χ2v) is 1.96. The van der Waals surface area contributed by atoms with E-state index in [2.05, 4.69) is 0 Å². The Morgan fingerprint density at radius 3 is 1.56 bits per heavy atom. The Morgan fingerprint density at radius 2 is 1.56 bits per heavy atom. The maximum absolute atomic E-state index is 11.9. The third-order valence-corrected chi connectivity index (χ3v) is 1.09. The molecule has 0 radical (unpaired) electrons. The van der Waals surface area contributed by atoms with E-state index in [1.165, 1.54) is 0 Å². The van der Waals surface area contributed by atoms with Crippen LogP contribution < -0.4 is 0 Å². The molecular formula is C5H8F4. The molecule has 0 fully saturated rings. The zero-order valence-electron chi connectivity index (χ0n) is 5.00. The second-order valence-electron chi connectivity index (χ2n) is 1.96. The quantitative estimate of drug-likeness (QED) is 0.532. The first-order chi connectivity index (χ1) is 4.02. The lowest BCUT2D eigenvalue weighted by Crippen LogP contribution is -2.27. The molecule has 0 aliphatic carbocycles. The molecule has 0 aliphatic rings. The Morgan fingerprint density at radius 1 is 1.22 bits per heavy atom. The van der Waals surface area contributed by atoms with E-state index in [1.54, 1.807) is 0 Å². The zero-order chi connectivity index (χ0) is 7.49. The molecule has 4 heteroatoms. The lowest BCUT2D eigenvalue weighted by Gasteiger charge is -2.16. The van der Waals surface area contributed by atoms with Crippen LogP contribution in [0.3, 0.4) is 0 Å². The highest BCUT2D eigenvalue weighted by Crippen LogP contribution is 2.24. The standard InChI is InChI=1S/C5H8F4/c1-5(8,9)4(2-6)3-7/h4H,2-3H2,1H3. The summed E-state index contributed by atoms with van der Waals surface area (Å²) in [6, 6.07) is 0. The van der Waals surface area contributed by atoms with Crippen LogP contribution in [0.4, 0.5) is 17.6 Å². The van der Waals surface area contributed by atoms with Crippen LogP contribution in [0.2, 0.25) is 0 Å². The minimum Gasteiger partial charge on any atom is -0.250 e. The van der Waals surface area contributed by atoms with Crippen LogP contribution in [0.5, 0.6) is 0 Å². The number of hydrogen-bond donors (Lipinski definition) is 0. The van der Waals surface area contributed by atoms with Gasteiger partial charge in [-0.05, 0) is 6.92 Å². The summed E-state index contributed by atoms with van der Waals surface area (Å²) in [5.41, 5.74) is 0. The first-order valence-corrected chi connectivity index (χ1v) is 2.52. The summed E-state index contributed by atoms with van der Waals surface area (Å²) < 4.78 is 46.7. The van der Waals surface area contributed by atoms with Gasteiger partial charge < -0.3 is 0 Å². The van der Waals surface area contributed by atoms with Crippen LogP contribution in [0.1, 0.15) is 6.92 Å². The van der Waals surface area contributed by atoms with Crippen molar-refractivity contribution >= 4 is 0 Å². The maximum atomic E-state index is 11.9. The SMILES string of the molecule is CC(F)(F)C(CF)CF. The number of halogens is 4. The molecule has 0 heterocycles. The van der Waals surface area contributed by atoms with E-state index in [0.29, 0.717) is 6.92 Å². The van der Waals surface area contributed by atoms with Gasteiger partial charge in [-0.2, -0.15) is 0 Å². The molecule has 0 aromatic rings. The van der Waals surface area contributed by atoms with Crippen molar-refractivity contribution in [2.45, 2.75) is 12.8 Å². The van der Waals surface area contributed by atoms with Crippen molar-refractivity contribution in [2.75, 3.05) is 13.3 Å². The molecule has 0 aromatic heterocycles. The summed E-state index contributed by atoms with van der Waals surface area (Å²) in [6.45, 7) is -2.10. The van der Waals surface area contributed by atoms with E-state index >= 15 is 0 Å². The highest BCUT2D eigenvalue weighted by molar-refractivity contribution is 4.70. The van der Waals surface area contributed by atoms with Gasteiger partial charge in [0.05, 0.1) is 5.92 Å². The van der Waals surface area contributed by atoms with Gasteiger partial charge in [-0.25, -0.2) is 8.78 Å². The van der Waals surface area contributed by atoms with Crippen LogP contribution in [0, 0.1) is 5.92 Å². The Balaban J connectivity index is 3.79. The molecule has 0 spiro atoms. The van der Waals surface area contributed by atoms with E-state index in [0.717, 1.165) is 0 Å². The van der Waals surface area contributed by atoms with Gasteiger partial charge in [-0.3, -0.25) is 8.78 Å². The summed E-state index contributed by atoms with van der Waals surface area (Å²) in [5, 5.41) is 0. The first kappa shape index (κ1) is 8.72. The molecule has 0 aromatic carbocycles. The van der Waals surface area contributed by atoms with Crippen molar-refractivity contribution in [3.63, 3.8) is 0 Å². The summed E-state index contributed by atoms with van der Waals surface area (Å²) in [7, 11) is 0. The summed E-state index contributed by atoms with van der Waals surface area (Å²) in [6.07, 6.45) is 0. The fourth-order valence-corrected chi connectivity index (χ4v) is 0.312. The van der Waals surface area contributed by atoms with Crippen LogP contribution >= 0.6 is 0 Å². The highest BCUT2D eigenvalue weighted by atomic mass is 19.3. The molecule has 0 N–H and O–H groups in total. The minimum atomic E-state index is -3.23. The van der Waals surface area contributed by atoms with Gasteiger partial charge >= 0.3 is 0 Å². The van der Waals surface area contributed by atoms with E-state index in [4.69, 9.17) is 0 Å². The van der Waals surface area contributed by atoms with Gasteiger partial charge in [-0.1, -0.05) is 0 Å². The monoisotopic (exact) mass is 144 g/mol.